The van der Waals surface area contributed by atoms with E-state index in [4.69, 9.17) is 0 Å². The molecule has 1 N–H and O–H groups in total. The quantitative estimate of drug-likeness (QED) is 0.880. The maximum absolute atomic E-state index is 12.8. The van der Waals surface area contributed by atoms with Gasteiger partial charge in [-0.1, -0.05) is 12.1 Å². The maximum atomic E-state index is 12.8. The molecule has 1 aromatic carbocycles. The van der Waals surface area contributed by atoms with Gasteiger partial charge in [0.1, 0.15) is 5.82 Å². The highest BCUT2D eigenvalue weighted by Crippen LogP contribution is 2.13. The van der Waals surface area contributed by atoms with Gasteiger partial charge >= 0.3 is 0 Å². The Bertz CT molecular complexity index is 490. The average Bonchev–Trinajstić information content (AvgIpc) is 2.84. The van der Waals surface area contributed by atoms with Crippen LogP contribution in [0.25, 0.3) is 0 Å². The predicted octanol–water partition coefficient (Wildman–Crippen LogP) is 2.89. The summed E-state index contributed by atoms with van der Waals surface area (Å²) in [7, 11) is 0. The number of hydrogen-bond donors (Lipinski definition) is 1. The second kappa shape index (κ2) is 5.78. The Morgan fingerprint density at radius 3 is 2.72 bits per heavy atom. The van der Waals surface area contributed by atoms with E-state index >= 15 is 0 Å². The molecule has 96 valence electrons. The summed E-state index contributed by atoms with van der Waals surface area (Å²) >= 11 is 0. The zero-order valence-electron chi connectivity index (χ0n) is 10.7. The number of imidazole rings is 1. The van der Waals surface area contributed by atoms with Crippen molar-refractivity contribution in [2.24, 2.45) is 0 Å². The molecule has 1 heterocycles. The topological polar surface area (TPSA) is 29.9 Å². The summed E-state index contributed by atoms with van der Waals surface area (Å²) in [6.07, 6.45) is 3.70. The third kappa shape index (κ3) is 2.96. The maximum Gasteiger partial charge on any atom is 0.123 e. The van der Waals surface area contributed by atoms with Crippen LogP contribution in [0.5, 0.6) is 0 Å². The first kappa shape index (κ1) is 12.8. The van der Waals surface area contributed by atoms with E-state index in [0.717, 1.165) is 24.3 Å². The molecule has 18 heavy (non-hydrogen) atoms. The summed E-state index contributed by atoms with van der Waals surface area (Å²) < 4.78 is 14.9. The lowest BCUT2D eigenvalue weighted by atomic mass is 10.1. The summed E-state index contributed by atoms with van der Waals surface area (Å²) in [5.74, 6) is -0.199. The molecule has 0 bridgehead atoms. The molecule has 0 saturated carbocycles. The standard InChI is InChI=1S/C14H18FN3/c1-3-18-10-16-8-14(18)9-17-11(2)12-4-6-13(15)7-5-12/h4-8,10-11,17H,3,9H2,1-2H3/t11-/m0/s1. The van der Waals surface area contributed by atoms with Crippen LogP contribution in [0.3, 0.4) is 0 Å². The lowest BCUT2D eigenvalue weighted by molar-refractivity contribution is 0.547. The van der Waals surface area contributed by atoms with Crippen molar-refractivity contribution in [3.8, 4) is 0 Å². The molecule has 0 spiro atoms. The number of halogens is 1. The van der Waals surface area contributed by atoms with Gasteiger partial charge in [-0.2, -0.15) is 0 Å². The highest BCUT2D eigenvalue weighted by atomic mass is 19.1. The van der Waals surface area contributed by atoms with Gasteiger partial charge in [0, 0.05) is 25.3 Å². The summed E-state index contributed by atoms with van der Waals surface area (Å²) in [5, 5.41) is 3.41. The van der Waals surface area contributed by atoms with Gasteiger partial charge in [-0.3, -0.25) is 0 Å². The number of nitrogens with zero attached hydrogens (tertiary/aromatic N) is 2. The van der Waals surface area contributed by atoms with Gasteiger partial charge in [0.05, 0.1) is 12.0 Å². The number of aromatic nitrogens is 2. The molecule has 0 aliphatic rings. The van der Waals surface area contributed by atoms with Gasteiger partial charge in [0.2, 0.25) is 0 Å². The molecule has 0 fully saturated rings. The minimum Gasteiger partial charge on any atom is -0.334 e. The van der Waals surface area contributed by atoms with Crippen molar-refractivity contribution in [2.75, 3.05) is 0 Å². The van der Waals surface area contributed by atoms with Crippen LogP contribution in [0, 0.1) is 5.82 Å². The molecular weight excluding hydrogens is 229 g/mol. The van der Waals surface area contributed by atoms with E-state index in [1.54, 1.807) is 0 Å². The van der Waals surface area contributed by atoms with E-state index in [2.05, 4.69) is 28.7 Å². The van der Waals surface area contributed by atoms with Crippen molar-refractivity contribution in [3.63, 3.8) is 0 Å². The van der Waals surface area contributed by atoms with Crippen LogP contribution >= 0.6 is 0 Å². The van der Waals surface area contributed by atoms with Crippen molar-refractivity contribution in [3.05, 3.63) is 53.9 Å². The monoisotopic (exact) mass is 247 g/mol. The number of hydrogen-bond acceptors (Lipinski definition) is 2. The van der Waals surface area contributed by atoms with Gasteiger partial charge in [0.15, 0.2) is 0 Å². The Balaban J connectivity index is 1.96. The molecule has 4 heteroatoms. The van der Waals surface area contributed by atoms with Crippen molar-refractivity contribution in [1.29, 1.82) is 0 Å². The van der Waals surface area contributed by atoms with Crippen LogP contribution in [0.2, 0.25) is 0 Å². The molecule has 0 amide bonds. The highest BCUT2D eigenvalue weighted by Gasteiger charge is 2.06. The molecular formula is C14H18FN3. The van der Waals surface area contributed by atoms with E-state index in [1.165, 1.54) is 12.1 Å². The van der Waals surface area contributed by atoms with Crippen LogP contribution < -0.4 is 5.32 Å². The van der Waals surface area contributed by atoms with E-state index in [9.17, 15) is 4.39 Å². The van der Waals surface area contributed by atoms with E-state index in [0.29, 0.717) is 0 Å². The van der Waals surface area contributed by atoms with Gasteiger partial charge in [-0.15, -0.1) is 0 Å². The zero-order valence-corrected chi connectivity index (χ0v) is 10.7. The van der Waals surface area contributed by atoms with Crippen LogP contribution in [0.15, 0.2) is 36.8 Å². The Morgan fingerprint density at radius 1 is 1.33 bits per heavy atom. The summed E-state index contributed by atoms with van der Waals surface area (Å²) in [5.41, 5.74) is 2.24. The Kier molecular flexibility index (Phi) is 4.10. The molecule has 0 aliphatic carbocycles. The van der Waals surface area contributed by atoms with Gasteiger partial charge in [0.25, 0.3) is 0 Å². The van der Waals surface area contributed by atoms with E-state index in [1.807, 2.05) is 24.7 Å². The molecule has 0 radical (unpaired) electrons. The summed E-state index contributed by atoms with van der Waals surface area (Å²) in [6.45, 7) is 5.84. The number of benzene rings is 1. The SMILES string of the molecule is CCn1cncc1CN[C@@H](C)c1ccc(F)cc1. The first-order valence-corrected chi connectivity index (χ1v) is 6.18. The Morgan fingerprint density at radius 2 is 2.06 bits per heavy atom. The van der Waals surface area contributed by atoms with Crippen molar-refractivity contribution >= 4 is 0 Å². The number of nitrogens with one attached hydrogen (secondary N) is 1. The smallest absolute Gasteiger partial charge is 0.123 e. The lowest BCUT2D eigenvalue weighted by Gasteiger charge is -2.14. The minimum absolute atomic E-state index is 0.186. The molecule has 0 saturated heterocycles. The fourth-order valence-corrected chi connectivity index (χ4v) is 1.91. The van der Waals surface area contributed by atoms with Crippen LogP contribution in [-0.2, 0) is 13.1 Å². The molecule has 1 aromatic heterocycles. The van der Waals surface area contributed by atoms with Crippen LogP contribution in [0.1, 0.15) is 31.1 Å². The predicted molar refractivity (Wildman–Crippen MR) is 69.6 cm³/mol. The van der Waals surface area contributed by atoms with E-state index in [-0.39, 0.29) is 11.9 Å². The van der Waals surface area contributed by atoms with Crippen molar-refractivity contribution in [2.45, 2.75) is 33.0 Å². The minimum atomic E-state index is -0.199. The molecule has 3 nitrogen and oxygen atoms in total. The molecule has 2 aromatic rings. The third-order valence-electron chi connectivity index (χ3n) is 3.10. The van der Waals surface area contributed by atoms with Gasteiger partial charge in [-0.25, -0.2) is 9.37 Å². The van der Waals surface area contributed by atoms with Crippen molar-refractivity contribution < 1.29 is 4.39 Å². The summed E-state index contributed by atoms with van der Waals surface area (Å²) in [4.78, 5) is 4.13. The average molecular weight is 247 g/mol. The molecule has 2 rings (SSSR count). The highest BCUT2D eigenvalue weighted by molar-refractivity contribution is 5.19. The largest absolute Gasteiger partial charge is 0.334 e. The third-order valence-corrected chi connectivity index (χ3v) is 3.10. The van der Waals surface area contributed by atoms with E-state index < -0.39 is 0 Å². The fraction of sp³-hybridized carbons (Fsp3) is 0.357. The summed E-state index contributed by atoms with van der Waals surface area (Å²) in [6, 6.07) is 6.78. The molecule has 0 aliphatic heterocycles. The van der Waals surface area contributed by atoms with Gasteiger partial charge in [-0.05, 0) is 31.5 Å². The lowest BCUT2D eigenvalue weighted by Crippen LogP contribution is -2.19. The second-order valence-electron chi connectivity index (χ2n) is 4.33. The number of rotatable bonds is 5. The normalized spacial score (nSPS) is 12.6. The Hall–Kier alpha value is -1.68. The van der Waals surface area contributed by atoms with Crippen molar-refractivity contribution in [1.82, 2.24) is 14.9 Å². The second-order valence-corrected chi connectivity index (χ2v) is 4.33. The number of aryl methyl sites for hydroxylation is 1. The van der Waals surface area contributed by atoms with Gasteiger partial charge < -0.3 is 9.88 Å². The first-order valence-electron chi connectivity index (χ1n) is 6.18. The Labute approximate surface area is 107 Å². The molecule has 1 atom stereocenters. The van der Waals surface area contributed by atoms with Crippen LogP contribution in [0.4, 0.5) is 4.39 Å². The molecule has 0 unspecified atom stereocenters. The fourth-order valence-electron chi connectivity index (χ4n) is 1.91. The first-order chi connectivity index (χ1) is 8.70. The van der Waals surface area contributed by atoms with Crippen LogP contribution in [-0.4, -0.2) is 9.55 Å². The zero-order chi connectivity index (χ0) is 13.0.